The molecule has 63 heavy (non-hydrogen) atoms. The highest BCUT2D eigenvalue weighted by atomic mass is 79.9. The van der Waals surface area contributed by atoms with Crippen molar-refractivity contribution in [2.24, 2.45) is 0 Å². The average Bonchev–Trinajstić information content (AvgIpc) is 3.34. The molecule has 300 valence electrons. The topological polar surface area (TPSA) is 51.6 Å². The molecule has 0 atom stereocenters. The van der Waals surface area contributed by atoms with Crippen molar-refractivity contribution >= 4 is 15.9 Å². The number of nitrogens with zero attached hydrogens (tertiary/aromatic N) is 4. The van der Waals surface area contributed by atoms with E-state index in [1.54, 1.807) is 12.4 Å². The second kappa shape index (κ2) is 17.4. The van der Waals surface area contributed by atoms with Gasteiger partial charge in [-0.05, 0) is 158 Å². The Hall–Kier alpha value is -7.60. The van der Waals surface area contributed by atoms with E-state index in [1.165, 1.54) is 33.4 Å². The van der Waals surface area contributed by atoms with Crippen LogP contribution < -0.4 is 0 Å². The van der Waals surface area contributed by atoms with Crippen LogP contribution in [0.1, 0.15) is 11.1 Å². The molecule has 0 aliphatic carbocycles. The van der Waals surface area contributed by atoms with Crippen molar-refractivity contribution in [3.63, 3.8) is 0 Å². The highest BCUT2D eigenvalue weighted by Crippen LogP contribution is 2.44. The van der Waals surface area contributed by atoms with Crippen molar-refractivity contribution in [1.29, 1.82) is 0 Å². The molecule has 0 saturated carbocycles. The zero-order chi connectivity index (χ0) is 42.7. The van der Waals surface area contributed by atoms with E-state index in [2.05, 4.69) is 207 Å². The average molecular weight is 874 g/mol. The number of hydrogen-bond acceptors (Lipinski definition) is 4. The maximum atomic E-state index is 4.63. The quantitative estimate of drug-likeness (QED) is 0.145. The number of benzene rings is 7. The first-order chi connectivity index (χ1) is 31.0. The van der Waals surface area contributed by atoms with Gasteiger partial charge in [0, 0.05) is 46.0 Å². The van der Waals surface area contributed by atoms with Crippen LogP contribution in [0.4, 0.5) is 0 Å². The molecule has 0 N–H and O–H groups in total. The summed E-state index contributed by atoms with van der Waals surface area (Å²) in [7, 11) is 0. The molecule has 10 aromatic rings. The molecule has 0 aliphatic heterocycles. The third-order valence-electron chi connectivity index (χ3n) is 11.7. The van der Waals surface area contributed by atoms with E-state index in [0.717, 1.165) is 77.1 Å². The fourth-order valence-electron chi connectivity index (χ4n) is 8.64. The van der Waals surface area contributed by atoms with E-state index in [9.17, 15) is 0 Å². The lowest BCUT2D eigenvalue weighted by Gasteiger charge is -2.19. The number of aromatic nitrogens is 4. The maximum absolute atomic E-state index is 4.63. The number of aryl methyl sites for hydroxylation is 2. The van der Waals surface area contributed by atoms with Gasteiger partial charge in [0.2, 0.25) is 0 Å². The number of pyridine rings is 2. The van der Waals surface area contributed by atoms with Crippen LogP contribution in [0.15, 0.2) is 217 Å². The summed E-state index contributed by atoms with van der Waals surface area (Å²) in [6, 6.07) is 67.0. The van der Waals surface area contributed by atoms with Crippen LogP contribution in [-0.2, 0) is 0 Å². The van der Waals surface area contributed by atoms with Crippen molar-refractivity contribution in [3.8, 4) is 101 Å². The van der Waals surface area contributed by atoms with E-state index in [-0.39, 0.29) is 0 Å². The van der Waals surface area contributed by atoms with Gasteiger partial charge in [-0.2, -0.15) is 0 Å². The fraction of sp³-hybridized carbons (Fsp3) is 0.0345. The summed E-state index contributed by atoms with van der Waals surface area (Å²) in [6.45, 7) is 4.39. The predicted octanol–water partition coefficient (Wildman–Crippen LogP) is 15.6. The molecule has 0 spiro atoms. The van der Waals surface area contributed by atoms with Gasteiger partial charge in [0.15, 0.2) is 5.82 Å². The molecular weight excluding hydrogens is 833 g/mol. The van der Waals surface area contributed by atoms with Crippen LogP contribution in [0.2, 0.25) is 0 Å². The van der Waals surface area contributed by atoms with E-state index in [1.807, 2.05) is 42.7 Å². The first-order valence-corrected chi connectivity index (χ1v) is 21.8. The monoisotopic (exact) mass is 872 g/mol. The van der Waals surface area contributed by atoms with Crippen molar-refractivity contribution in [1.82, 2.24) is 19.9 Å². The molecule has 0 radical (unpaired) electrons. The lowest BCUT2D eigenvalue weighted by Crippen LogP contribution is -1.94. The summed E-state index contributed by atoms with van der Waals surface area (Å²) >= 11 is 3.95. The summed E-state index contributed by atoms with van der Waals surface area (Å²) in [5.41, 5.74) is 21.2. The lowest BCUT2D eigenvalue weighted by molar-refractivity contribution is 1.18. The van der Waals surface area contributed by atoms with Crippen molar-refractivity contribution in [2.75, 3.05) is 0 Å². The molecule has 0 aliphatic rings. The molecule has 4 nitrogen and oxygen atoms in total. The van der Waals surface area contributed by atoms with Crippen molar-refractivity contribution in [2.45, 2.75) is 13.8 Å². The van der Waals surface area contributed by atoms with Gasteiger partial charge in [-0.3, -0.25) is 9.97 Å². The predicted molar refractivity (Wildman–Crippen MR) is 264 cm³/mol. The summed E-state index contributed by atoms with van der Waals surface area (Å²) in [4.78, 5) is 18.3. The zero-order valence-corrected chi connectivity index (χ0v) is 36.5. The molecule has 10 rings (SSSR count). The van der Waals surface area contributed by atoms with Crippen LogP contribution >= 0.6 is 15.9 Å². The van der Waals surface area contributed by atoms with Gasteiger partial charge in [-0.25, -0.2) is 9.97 Å². The normalized spacial score (nSPS) is 11.1. The van der Waals surface area contributed by atoms with E-state index < -0.39 is 0 Å². The Kier molecular flexibility index (Phi) is 10.9. The molecule has 0 fully saturated rings. The van der Waals surface area contributed by atoms with Gasteiger partial charge < -0.3 is 0 Å². The smallest absolute Gasteiger partial charge is 0.159 e. The van der Waals surface area contributed by atoms with Crippen LogP contribution in [0.5, 0.6) is 0 Å². The Bertz CT molecular complexity index is 2900. The van der Waals surface area contributed by atoms with Gasteiger partial charge in [0.05, 0.1) is 11.4 Å². The minimum atomic E-state index is 0.691. The minimum Gasteiger partial charge on any atom is -0.256 e. The number of halogens is 1. The largest absolute Gasteiger partial charge is 0.256 e. The molecule has 0 saturated heterocycles. The summed E-state index contributed by atoms with van der Waals surface area (Å²) in [5, 5.41) is 0. The van der Waals surface area contributed by atoms with Crippen LogP contribution in [0.25, 0.3) is 101 Å². The summed E-state index contributed by atoms with van der Waals surface area (Å²) in [6.07, 6.45) is 7.25. The fourth-order valence-corrected chi connectivity index (χ4v) is 9.23. The maximum Gasteiger partial charge on any atom is 0.159 e. The second-order valence-electron chi connectivity index (χ2n) is 15.7. The highest BCUT2D eigenvalue weighted by molar-refractivity contribution is 9.10. The van der Waals surface area contributed by atoms with Gasteiger partial charge in [0.25, 0.3) is 0 Å². The molecule has 0 amide bonds. The Balaban J connectivity index is 1.15. The molecule has 3 aromatic heterocycles. The first-order valence-electron chi connectivity index (χ1n) is 21.0. The van der Waals surface area contributed by atoms with Crippen LogP contribution in [-0.4, -0.2) is 19.9 Å². The minimum absolute atomic E-state index is 0.691. The zero-order valence-electron chi connectivity index (χ0n) is 34.9. The number of hydrogen-bond donors (Lipinski definition) is 0. The SMILES string of the molecule is Cc1cc(-c2ccccn2)ccc1-c1ccccc1-c1cc(-c2ccccc2-c2ccc(-c3ccccn3)cc2C)cc(-c2ccccc2-c2ccc(-c3ncccn3)cc2Br)c1. The van der Waals surface area contributed by atoms with Gasteiger partial charge in [-0.15, -0.1) is 0 Å². The van der Waals surface area contributed by atoms with E-state index in [0.29, 0.717) is 5.82 Å². The number of rotatable bonds is 9. The standard InChI is InChI=1S/C58H41BrN4/c1-38-32-40(56-20-9-11-28-60-56)22-25-46(38)51-17-6-3-14-48(51)43-34-44(49-15-4-7-18-52(49)47-26-23-41(33-39(47)2)57-21-10-12-29-61-57)36-45(35-43)50-16-5-8-19-53(50)54-27-24-42(37-55(54)59)58-62-30-13-31-63-58/h3-37H,1-2H3. The molecule has 7 aromatic carbocycles. The van der Waals surface area contributed by atoms with Gasteiger partial charge >= 0.3 is 0 Å². The Morgan fingerprint density at radius 3 is 1.08 bits per heavy atom. The highest BCUT2D eigenvalue weighted by Gasteiger charge is 2.19. The van der Waals surface area contributed by atoms with Gasteiger partial charge in [-0.1, -0.05) is 137 Å². The molecule has 0 unspecified atom stereocenters. The third-order valence-corrected chi connectivity index (χ3v) is 12.3. The Morgan fingerprint density at radius 2 is 0.667 bits per heavy atom. The molecule has 3 heterocycles. The van der Waals surface area contributed by atoms with Crippen molar-refractivity contribution in [3.05, 3.63) is 228 Å². The third kappa shape index (κ3) is 8.03. The Labute approximate surface area is 376 Å². The Morgan fingerprint density at radius 1 is 0.286 bits per heavy atom. The second-order valence-corrected chi connectivity index (χ2v) is 16.5. The lowest BCUT2D eigenvalue weighted by atomic mass is 9.85. The van der Waals surface area contributed by atoms with Crippen molar-refractivity contribution < 1.29 is 0 Å². The molecule has 0 bridgehead atoms. The molecular formula is C58H41BrN4. The van der Waals surface area contributed by atoms with Gasteiger partial charge in [0.1, 0.15) is 0 Å². The van der Waals surface area contributed by atoms with E-state index in [4.69, 9.17) is 0 Å². The first kappa shape index (κ1) is 39.5. The van der Waals surface area contributed by atoms with E-state index >= 15 is 0 Å². The van der Waals surface area contributed by atoms with Crippen LogP contribution in [0.3, 0.4) is 0 Å². The summed E-state index contributed by atoms with van der Waals surface area (Å²) < 4.78 is 0.973. The van der Waals surface area contributed by atoms with Crippen LogP contribution in [0, 0.1) is 13.8 Å². The summed E-state index contributed by atoms with van der Waals surface area (Å²) in [5.74, 6) is 0.691. The molecule has 5 heteroatoms.